The molecule has 3 heterocycles. The van der Waals surface area contributed by atoms with Gasteiger partial charge >= 0.3 is 0 Å². The van der Waals surface area contributed by atoms with Crippen LogP contribution >= 0.6 is 0 Å². The van der Waals surface area contributed by atoms with Crippen molar-refractivity contribution in [2.45, 2.75) is 77.0 Å². The Bertz CT molecular complexity index is 2010. The van der Waals surface area contributed by atoms with E-state index in [4.69, 9.17) is 9.47 Å². The average molecular weight is 767 g/mol. The third-order valence-electron chi connectivity index (χ3n) is 9.92. The number of ether oxygens (including phenoxy) is 2. The molecule has 4 atom stereocenters. The molecular weight excluding hydrogens is 716 g/mol. The first-order chi connectivity index (χ1) is 26.9. The van der Waals surface area contributed by atoms with Gasteiger partial charge in [0.05, 0.1) is 19.7 Å². The van der Waals surface area contributed by atoms with Gasteiger partial charge < -0.3 is 35.6 Å². The normalized spacial score (nSPS) is 21.6. The van der Waals surface area contributed by atoms with Gasteiger partial charge in [0, 0.05) is 24.9 Å². The van der Waals surface area contributed by atoms with E-state index in [1.165, 1.54) is 4.90 Å². The number of methoxy groups -OCH3 is 1. The van der Waals surface area contributed by atoms with Gasteiger partial charge in [-0.05, 0) is 91.6 Å². The van der Waals surface area contributed by atoms with Crippen LogP contribution in [0.25, 0.3) is 11.0 Å². The number of fused-ring (bicyclic) bond motifs is 18. The Balaban J connectivity index is 1.32. The molecule has 5 N–H and O–H groups in total. The smallest absolute Gasteiger partial charge is 0.252 e. The van der Waals surface area contributed by atoms with E-state index in [1.54, 1.807) is 68.6 Å². The zero-order valence-electron chi connectivity index (χ0n) is 32.2. The van der Waals surface area contributed by atoms with Crippen LogP contribution in [0.3, 0.4) is 0 Å². The summed E-state index contributed by atoms with van der Waals surface area (Å²) in [6, 6.07) is 15.5. The lowest BCUT2D eigenvalue weighted by Gasteiger charge is -2.29. The molecule has 0 radical (unpaired) electrons. The van der Waals surface area contributed by atoms with Gasteiger partial charge in [-0.1, -0.05) is 38.1 Å². The van der Waals surface area contributed by atoms with E-state index in [1.807, 2.05) is 12.1 Å². The van der Waals surface area contributed by atoms with Crippen molar-refractivity contribution in [3.63, 3.8) is 0 Å². The maximum atomic E-state index is 14.3. The summed E-state index contributed by atoms with van der Waals surface area (Å²) < 4.78 is 11.4. The molecule has 0 saturated heterocycles. The molecule has 3 aromatic carbocycles. The van der Waals surface area contributed by atoms with Crippen molar-refractivity contribution < 1.29 is 33.4 Å². The van der Waals surface area contributed by atoms with Gasteiger partial charge in [0.1, 0.15) is 47.3 Å². The van der Waals surface area contributed by atoms with E-state index in [2.05, 4.69) is 50.5 Å². The van der Waals surface area contributed by atoms with Crippen LogP contribution in [0.4, 0.5) is 0 Å². The van der Waals surface area contributed by atoms with E-state index < -0.39 is 41.8 Å². The molecule has 1 fully saturated rings. The molecule has 0 spiro atoms. The van der Waals surface area contributed by atoms with Crippen molar-refractivity contribution in [3.05, 3.63) is 83.4 Å². The third kappa shape index (κ3) is 10.8. The van der Waals surface area contributed by atoms with Crippen LogP contribution in [0.5, 0.6) is 11.5 Å². The standard InChI is InChI=1S/C41H50N8O7/c1-24(2)17-30-23-56-32-14-9-27(10-15-32)19-36(44-38(51)29-11-16-33-34(20-29)47-48-46-33)40(53)45-35(18-26-7-12-31(55-4)13-8-26)39(52)42-25(3)41(54)49(21-28-5-6-28)22-37(50)43-30/h7-16,20,24-25,28,30,35-36H,5-6,17-19,21-23H2,1-4H3,(H,42,52)(H,43,50)(H,44,51)(H,45,53)(H,46,47,48)/t25-,30+,35+,36+/m1/s1. The molecular formula is C41H50N8O7. The van der Waals surface area contributed by atoms with Crippen LogP contribution in [-0.2, 0) is 32.0 Å². The van der Waals surface area contributed by atoms with Crippen LogP contribution in [0.2, 0.25) is 0 Å². The Morgan fingerprint density at radius 2 is 1.66 bits per heavy atom. The molecule has 56 heavy (non-hydrogen) atoms. The van der Waals surface area contributed by atoms with Gasteiger partial charge in [0.15, 0.2) is 0 Å². The van der Waals surface area contributed by atoms with E-state index in [9.17, 15) is 24.0 Å². The number of rotatable bonds is 9. The van der Waals surface area contributed by atoms with E-state index in [-0.39, 0.29) is 55.3 Å². The van der Waals surface area contributed by atoms with Gasteiger partial charge in [0.2, 0.25) is 23.6 Å². The summed E-state index contributed by atoms with van der Waals surface area (Å²) >= 11 is 0. The van der Waals surface area contributed by atoms with Gasteiger partial charge in [0.25, 0.3) is 5.91 Å². The van der Waals surface area contributed by atoms with Crippen molar-refractivity contribution in [1.29, 1.82) is 0 Å². The van der Waals surface area contributed by atoms with E-state index in [0.29, 0.717) is 35.5 Å². The van der Waals surface area contributed by atoms with Crippen molar-refractivity contribution in [1.82, 2.24) is 41.6 Å². The van der Waals surface area contributed by atoms with Crippen LogP contribution < -0.4 is 30.7 Å². The number of nitrogens with zero attached hydrogens (tertiary/aromatic N) is 3. The quantitative estimate of drug-likeness (QED) is 0.159. The molecule has 296 valence electrons. The Kier molecular flexibility index (Phi) is 12.8. The second kappa shape index (κ2) is 18.1. The Labute approximate surface area is 325 Å². The molecule has 3 aliphatic rings. The number of H-pyrrole nitrogens is 1. The lowest BCUT2D eigenvalue weighted by Crippen LogP contribution is -2.58. The number of hydrogen-bond donors (Lipinski definition) is 5. The number of nitrogens with one attached hydrogen (secondary N) is 5. The molecule has 15 nitrogen and oxygen atoms in total. The number of carbonyl (C=O) groups is 5. The van der Waals surface area contributed by atoms with Crippen molar-refractivity contribution in [2.75, 3.05) is 26.8 Å². The minimum absolute atomic E-state index is 0.0729. The highest BCUT2D eigenvalue weighted by Crippen LogP contribution is 2.30. The lowest BCUT2D eigenvalue weighted by molar-refractivity contribution is -0.140. The third-order valence-corrected chi connectivity index (χ3v) is 9.92. The molecule has 5 amide bonds. The molecule has 1 saturated carbocycles. The molecule has 4 aromatic rings. The molecule has 0 unspecified atom stereocenters. The van der Waals surface area contributed by atoms with Crippen LogP contribution in [0, 0.1) is 11.8 Å². The van der Waals surface area contributed by atoms with Crippen LogP contribution in [0.1, 0.15) is 61.5 Å². The average Bonchev–Trinajstić information content (AvgIpc) is 3.87. The fourth-order valence-electron chi connectivity index (χ4n) is 6.74. The molecule has 7 rings (SSSR count). The largest absolute Gasteiger partial charge is 0.497 e. The first-order valence-electron chi connectivity index (χ1n) is 19.1. The highest BCUT2D eigenvalue weighted by molar-refractivity contribution is 6.00. The highest BCUT2D eigenvalue weighted by Gasteiger charge is 2.34. The second-order valence-electron chi connectivity index (χ2n) is 15.1. The zero-order valence-corrected chi connectivity index (χ0v) is 32.2. The minimum Gasteiger partial charge on any atom is -0.497 e. The summed E-state index contributed by atoms with van der Waals surface area (Å²) in [6.07, 6.45) is 2.72. The Morgan fingerprint density at radius 3 is 2.36 bits per heavy atom. The maximum Gasteiger partial charge on any atom is 0.252 e. The summed E-state index contributed by atoms with van der Waals surface area (Å²) in [4.78, 5) is 70.9. The molecule has 2 bridgehead atoms. The van der Waals surface area contributed by atoms with Gasteiger partial charge in [-0.2, -0.15) is 15.4 Å². The summed E-state index contributed by atoms with van der Waals surface area (Å²) in [5.74, 6) is -0.710. The fraction of sp³-hybridized carbons (Fsp3) is 0.439. The van der Waals surface area contributed by atoms with Crippen molar-refractivity contribution in [3.8, 4) is 11.5 Å². The fourth-order valence-corrected chi connectivity index (χ4v) is 6.74. The van der Waals surface area contributed by atoms with Gasteiger partial charge in [-0.15, -0.1) is 0 Å². The predicted octanol–water partition coefficient (Wildman–Crippen LogP) is 2.70. The van der Waals surface area contributed by atoms with E-state index in [0.717, 1.165) is 24.0 Å². The van der Waals surface area contributed by atoms with Crippen LogP contribution in [0.15, 0.2) is 66.7 Å². The molecule has 1 aliphatic carbocycles. The zero-order chi connectivity index (χ0) is 39.8. The predicted molar refractivity (Wildman–Crippen MR) is 208 cm³/mol. The lowest BCUT2D eigenvalue weighted by atomic mass is 10.0. The Hall–Kier alpha value is -5.99. The van der Waals surface area contributed by atoms with Gasteiger partial charge in [-0.25, -0.2) is 0 Å². The first-order valence-corrected chi connectivity index (χ1v) is 19.1. The topological polar surface area (TPSA) is 197 Å². The molecule has 15 heteroatoms. The minimum atomic E-state index is -1.14. The van der Waals surface area contributed by atoms with E-state index >= 15 is 0 Å². The number of aromatic amines is 1. The summed E-state index contributed by atoms with van der Waals surface area (Å²) in [6.45, 7) is 6.12. The first kappa shape index (κ1) is 39.7. The number of benzene rings is 3. The number of aromatic nitrogens is 3. The highest BCUT2D eigenvalue weighted by atomic mass is 16.5. The Morgan fingerprint density at radius 1 is 0.929 bits per heavy atom. The number of amides is 5. The summed E-state index contributed by atoms with van der Waals surface area (Å²) in [7, 11) is 1.55. The second-order valence-corrected chi connectivity index (χ2v) is 15.1. The van der Waals surface area contributed by atoms with Crippen molar-refractivity contribution in [2.24, 2.45) is 11.8 Å². The molecule has 2 aliphatic heterocycles. The maximum absolute atomic E-state index is 14.3. The SMILES string of the molecule is COc1ccc(C[C@@H]2NC(=O)[C@@H](NC(=O)c3ccc4n[nH]nc4c3)Cc3ccc(cc3)OC[C@H](CC(C)C)NC(=O)CN(CC3CC3)C(=O)[C@@H](C)NC2=O)cc1. The van der Waals surface area contributed by atoms with Gasteiger partial charge in [-0.3, -0.25) is 24.0 Å². The molecule has 1 aromatic heterocycles. The van der Waals surface area contributed by atoms with Crippen molar-refractivity contribution >= 4 is 40.6 Å². The van der Waals surface area contributed by atoms with Crippen LogP contribution in [-0.4, -0.2) is 101 Å². The monoisotopic (exact) mass is 766 g/mol. The summed E-state index contributed by atoms with van der Waals surface area (Å²) in [5.41, 5.74) is 2.78. The summed E-state index contributed by atoms with van der Waals surface area (Å²) in [5, 5.41) is 22.3. The number of carbonyl (C=O) groups excluding carboxylic acids is 5. The number of hydrogen-bond acceptors (Lipinski definition) is 9.